The maximum absolute atomic E-state index is 11.7. The molecule has 1 atom stereocenters. The molecule has 11 heavy (non-hydrogen) atoms. The highest BCUT2D eigenvalue weighted by molar-refractivity contribution is 4.73. The van der Waals surface area contributed by atoms with Crippen molar-refractivity contribution in [2.45, 2.75) is 31.5 Å². The Hall–Kier alpha value is -0.510. The van der Waals surface area contributed by atoms with Gasteiger partial charge in [0.2, 0.25) is 0 Å². The molecule has 0 bridgehead atoms. The molecule has 0 aromatic rings. The third-order valence-electron chi connectivity index (χ3n) is 1.34. The van der Waals surface area contributed by atoms with Crippen LogP contribution in [0.25, 0.3) is 0 Å². The lowest BCUT2D eigenvalue weighted by atomic mass is 10.1. The summed E-state index contributed by atoms with van der Waals surface area (Å²) in [4.78, 5) is 0. The van der Waals surface area contributed by atoms with Gasteiger partial charge in [-0.3, -0.25) is 0 Å². The third kappa shape index (κ3) is 4.84. The van der Waals surface area contributed by atoms with E-state index in [-0.39, 0.29) is 6.42 Å². The van der Waals surface area contributed by atoms with Crippen molar-refractivity contribution in [3.63, 3.8) is 0 Å². The van der Waals surface area contributed by atoms with Crippen molar-refractivity contribution in [3.05, 3.63) is 12.7 Å². The SMILES string of the molecule is C=CCCCC(N)C(F)(F)F. The molecule has 0 saturated heterocycles. The Bertz CT molecular complexity index is 119. The summed E-state index contributed by atoms with van der Waals surface area (Å²) in [6.45, 7) is 3.40. The van der Waals surface area contributed by atoms with E-state index in [1.54, 1.807) is 6.08 Å². The molecule has 0 radical (unpaired) electrons. The molecule has 1 unspecified atom stereocenters. The highest BCUT2D eigenvalue weighted by Crippen LogP contribution is 2.21. The number of unbranched alkanes of at least 4 members (excludes halogenated alkanes) is 1. The van der Waals surface area contributed by atoms with Crippen LogP contribution in [0.5, 0.6) is 0 Å². The number of hydrogen-bond donors (Lipinski definition) is 1. The molecular weight excluding hydrogens is 155 g/mol. The zero-order valence-electron chi connectivity index (χ0n) is 6.19. The minimum absolute atomic E-state index is 0.0183. The van der Waals surface area contributed by atoms with Gasteiger partial charge in [0.1, 0.15) is 6.04 Å². The second-order valence-corrected chi connectivity index (χ2v) is 2.37. The fraction of sp³-hybridized carbons (Fsp3) is 0.714. The van der Waals surface area contributed by atoms with Gasteiger partial charge in [0, 0.05) is 0 Å². The van der Waals surface area contributed by atoms with E-state index in [9.17, 15) is 13.2 Å². The van der Waals surface area contributed by atoms with Gasteiger partial charge in [0.05, 0.1) is 0 Å². The van der Waals surface area contributed by atoms with E-state index in [0.29, 0.717) is 12.8 Å². The van der Waals surface area contributed by atoms with Crippen LogP contribution in [0, 0.1) is 0 Å². The van der Waals surface area contributed by atoms with Crippen LogP contribution in [0.15, 0.2) is 12.7 Å². The molecule has 0 aromatic heterocycles. The second kappa shape index (κ2) is 4.38. The Morgan fingerprint density at radius 1 is 1.45 bits per heavy atom. The molecule has 0 aromatic carbocycles. The Morgan fingerprint density at radius 2 is 2.00 bits per heavy atom. The highest BCUT2D eigenvalue weighted by Gasteiger charge is 2.35. The van der Waals surface area contributed by atoms with Crippen LogP contribution in [0.2, 0.25) is 0 Å². The third-order valence-corrected chi connectivity index (χ3v) is 1.34. The number of rotatable bonds is 4. The Morgan fingerprint density at radius 3 is 2.36 bits per heavy atom. The van der Waals surface area contributed by atoms with Crippen molar-refractivity contribution in [3.8, 4) is 0 Å². The molecule has 0 fully saturated rings. The first-order valence-electron chi connectivity index (χ1n) is 3.41. The number of allylic oxidation sites excluding steroid dienone is 1. The molecule has 4 heteroatoms. The number of hydrogen-bond acceptors (Lipinski definition) is 1. The second-order valence-electron chi connectivity index (χ2n) is 2.37. The molecule has 2 N–H and O–H groups in total. The van der Waals surface area contributed by atoms with Gasteiger partial charge in [-0.2, -0.15) is 13.2 Å². The summed E-state index contributed by atoms with van der Waals surface area (Å²) in [5, 5.41) is 0. The standard InChI is InChI=1S/C7H12F3N/c1-2-3-4-5-6(11)7(8,9)10/h2,6H,1,3-5,11H2. The van der Waals surface area contributed by atoms with Crippen LogP contribution in [0.1, 0.15) is 19.3 Å². The van der Waals surface area contributed by atoms with Crippen LogP contribution in [-0.4, -0.2) is 12.2 Å². The van der Waals surface area contributed by atoms with Crippen molar-refractivity contribution < 1.29 is 13.2 Å². The van der Waals surface area contributed by atoms with Gasteiger partial charge in [-0.1, -0.05) is 6.08 Å². The number of nitrogens with two attached hydrogens (primary N) is 1. The van der Waals surface area contributed by atoms with Crippen molar-refractivity contribution in [2.75, 3.05) is 0 Å². The van der Waals surface area contributed by atoms with Crippen LogP contribution >= 0.6 is 0 Å². The van der Waals surface area contributed by atoms with Gasteiger partial charge in [0.25, 0.3) is 0 Å². The average Bonchev–Trinajstić information content (AvgIpc) is 1.86. The van der Waals surface area contributed by atoms with Crippen molar-refractivity contribution in [1.29, 1.82) is 0 Å². The van der Waals surface area contributed by atoms with Crippen molar-refractivity contribution >= 4 is 0 Å². The summed E-state index contributed by atoms with van der Waals surface area (Å²) in [6.07, 6.45) is -1.65. The zero-order chi connectivity index (χ0) is 8.91. The van der Waals surface area contributed by atoms with Gasteiger partial charge in [-0.25, -0.2) is 0 Å². The van der Waals surface area contributed by atoms with E-state index in [4.69, 9.17) is 5.73 Å². The average molecular weight is 167 g/mol. The van der Waals surface area contributed by atoms with Crippen molar-refractivity contribution in [1.82, 2.24) is 0 Å². The molecule has 0 rings (SSSR count). The minimum atomic E-state index is -4.25. The van der Waals surface area contributed by atoms with E-state index in [1.807, 2.05) is 0 Å². The quantitative estimate of drug-likeness (QED) is 0.504. The Kier molecular flexibility index (Phi) is 4.18. The first-order valence-corrected chi connectivity index (χ1v) is 3.41. The van der Waals surface area contributed by atoms with Gasteiger partial charge in [-0.05, 0) is 19.3 Å². The van der Waals surface area contributed by atoms with E-state index < -0.39 is 12.2 Å². The van der Waals surface area contributed by atoms with E-state index in [2.05, 4.69) is 6.58 Å². The molecule has 0 saturated carbocycles. The molecule has 0 aliphatic heterocycles. The van der Waals surface area contributed by atoms with Gasteiger partial charge < -0.3 is 5.73 Å². The maximum Gasteiger partial charge on any atom is 0.403 e. The summed E-state index contributed by atoms with van der Waals surface area (Å²) < 4.78 is 35.2. The van der Waals surface area contributed by atoms with E-state index >= 15 is 0 Å². The Balaban J connectivity index is 3.52. The predicted octanol–water partition coefficient (Wildman–Crippen LogP) is 2.23. The molecule has 0 spiro atoms. The van der Waals surface area contributed by atoms with Crippen LogP contribution in [0.4, 0.5) is 13.2 Å². The van der Waals surface area contributed by atoms with Gasteiger partial charge in [0.15, 0.2) is 0 Å². The summed E-state index contributed by atoms with van der Waals surface area (Å²) in [7, 11) is 0. The normalized spacial score (nSPS) is 14.5. The Labute approximate surface area is 64.1 Å². The maximum atomic E-state index is 11.7. The predicted molar refractivity (Wildman–Crippen MR) is 38.1 cm³/mol. The first-order chi connectivity index (χ1) is 4.98. The summed E-state index contributed by atoms with van der Waals surface area (Å²) in [5.41, 5.74) is 4.83. The van der Waals surface area contributed by atoms with E-state index in [0.717, 1.165) is 0 Å². The van der Waals surface area contributed by atoms with Gasteiger partial charge in [-0.15, -0.1) is 6.58 Å². The number of halogens is 3. The molecular formula is C7H12F3N. The topological polar surface area (TPSA) is 26.0 Å². The molecule has 0 aliphatic carbocycles. The fourth-order valence-electron chi connectivity index (χ4n) is 0.646. The molecule has 0 amide bonds. The van der Waals surface area contributed by atoms with E-state index in [1.165, 1.54) is 0 Å². The minimum Gasteiger partial charge on any atom is -0.320 e. The van der Waals surface area contributed by atoms with Crippen LogP contribution in [-0.2, 0) is 0 Å². The lowest BCUT2D eigenvalue weighted by Crippen LogP contribution is -2.36. The molecule has 1 nitrogen and oxygen atoms in total. The molecule has 66 valence electrons. The summed E-state index contributed by atoms with van der Waals surface area (Å²) in [6, 6.07) is -1.68. The van der Waals surface area contributed by atoms with Crippen LogP contribution in [0.3, 0.4) is 0 Å². The molecule has 0 aliphatic rings. The molecule has 0 heterocycles. The lowest BCUT2D eigenvalue weighted by molar-refractivity contribution is -0.149. The summed E-state index contributed by atoms with van der Waals surface area (Å²) in [5.74, 6) is 0. The highest BCUT2D eigenvalue weighted by atomic mass is 19.4. The largest absolute Gasteiger partial charge is 0.403 e. The smallest absolute Gasteiger partial charge is 0.320 e. The van der Waals surface area contributed by atoms with Gasteiger partial charge >= 0.3 is 6.18 Å². The monoisotopic (exact) mass is 167 g/mol. The first kappa shape index (κ1) is 10.5. The fourth-order valence-corrected chi connectivity index (χ4v) is 0.646. The number of alkyl halides is 3. The lowest BCUT2D eigenvalue weighted by Gasteiger charge is -2.14. The zero-order valence-corrected chi connectivity index (χ0v) is 6.19. The van der Waals surface area contributed by atoms with Crippen molar-refractivity contribution in [2.24, 2.45) is 5.73 Å². The summed E-state index contributed by atoms with van der Waals surface area (Å²) >= 11 is 0. The van der Waals surface area contributed by atoms with Crippen LogP contribution < -0.4 is 5.73 Å².